The van der Waals surface area contributed by atoms with E-state index in [2.05, 4.69) is 22.2 Å². The zero-order valence-electron chi connectivity index (χ0n) is 11.0. The fourth-order valence-electron chi connectivity index (χ4n) is 2.66. The molecule has 0 amide bonds. The molecule has 2 heterocycles. The number of aromatic nitrogens is 2. The molecule has 2 N–H and O–H groups in total. The number of nitrogens with zero attached hydrogens (tertiary/aromatic N) is 1. The Balaban J connectivity index is 2.21. The van der Waals surface area contributed by atoms with Crippen LogP contribution in [0.4, 0.5) is 0 Å². The van der Waals surface area contributed by atoms with Gasteiger partial charge in [0.05, 0.1) is 16.0 Å². The average molecular weight is 279 g/mol. The van der Waals surface area contributed by atoms with Crippen molar-refractivity contribution in [3.63, 3.8) is 0 Å². The highest BCUT2D eigenvalue weighted by Crippen LogP contribution is 2.31. The molecule has 1 aliphatic rings. The second-order valence-corrected chi connectivity index (χ2v) is 7.36. The molecule has 0 radical (unpaired) electrons. The van der Waals surface area contributed by atoms with Gasteiger partial charge in [-0.2, -0.15) is 0 Å². The highest BCUT2D eigenvalue weighted by molar-refractivity contribution is 7.91. The van der Waals surface area contributed by atoms with Crippen molar-refractivity contribution in [1.82, 2.24) is 15.3 Å². The van der Waals surface area contributed by atoms with Gasteiger partial charge in [0.15, 0.2) is 9.84 Å². The lowest BCUT2D eigenvalue weighted by molar-refractivity contribution is 0.412. The maximum absolute atomic E-state index is 11.8. The highest BCUT2D eigenvalue weighted by Gasteiger charge is 2.33. The van der Waals surface area contributed by atoms with Gasteiger partial charge >= 0.3 is 0 Å². The molecule has 1 aromatic heterocycles. The van der Waals surface area contributed by atoms with Crippen LogP contribution in [-0.4, -0.2) is 31.2 Å². The Morgan fingerprint density at radius 3 is 2.79 bits per heavy atom. The monoisotopic (exact) mass is 279 g/mol. The Kier molecular flexibility index (Phi) is 2.69. The van der Waals surface area contributed by atoms with Gasteiger partial charge < -0.3 is 10.3 Å². The second kappa shape index (κ2) is 4.05. The summed E-state index contributed by atoms with van der Waals surface area (Å²) in [6.07, 6.45) is 3.32. The van der Waals surface area contributed by atoms with Gasteiger partial charge in [-0.25, -0.2) is 13.4 Å². The second-order valence-electron chi connectivity index (χ2n) is 5.37. The van der Waals surface area contributed by atoms with Crippen molar-refractivity contribution in [2.75, 3.05) is 12.8 Å². The molecule has 1 atom stereocenters. The van der Waals surface area contributed by atoms with Gasteiger partial charge in [0.2, 0.25) is 0 Å². The number of para-hydroxylation sites is 1. The van der Waals surface area contributed by atoms with E-state index in [0.717, 1.165) is 30.7 Å². The molecule has 1 saturated heterocycles. The van der Waals surface area contributed by atoms with Gasteiger partial charge in [0.1, 0.15) is 11.3 Å². The summed E-state index contributed by atoms with van der Waals surface area (Å²) >= 11 is 0. The van der Waals surface area contributed by atoms with E-state index in [0.29, 0.717) is 5.52 Å². The molecule has 0 aliphatic carbocycles. The number of hydrogen-bond donors (Lipinski definition) is 2. The normalized spacial score (nSPS) is 24.1. The van der Waals surface area contributed by atoms with Crippen LogP contribution in [0.5, 0.6) is 0 Å². The molecule has 3 rings (SSSR count). The van der Waals surface area contributed by atoms with Gasteiger partial charge in [-0.3, -0.25) is 0 Å². The fraction of sp³-hybridized carbons (Fsp3) is 0.462. The smallest absolute Gasteiger partial charge is 0.177 e. The third-order valence-corrected chi connectivity index (χ3v) is 4.89. The minimum absolute atomic E-state index is 0.187. The molecule has 19 heavy (non-hydrogen) atoms. The minimum Gasteiger partial charge on any atom is -0.340 e. The molecular formula is C13H17N3O2S. The SMILES string of the molecule is CC1(c2nc3c(S(C)(=O)=O)cccc3[nH]2)CCCN1. The Morgan fingerprint density at radius 1 is 1.37 bits per heavy atom. The highest BCUT2D eigenvalue weighted by atomic mass is 32.2. The predicted octanol–water partition coefficient (Wildman–Crippen LogP) is 1.56. The zero-order valence-corrected chi connectivity index (χ0v) is 11.8. The van der Waals surface area contributed by atoms with Gasteiger partial charge in [-0.15, -0.1) is 0 Å². The Labute approximate surface area is 112 Å². The number of nitrogens with one attached hydrogen (secondary N) is 2. The Bertz CT molecular complexity index is 727. The van der Waals surface area contributed by atoms with Crippen molar-refractivity contribution >= 4 is 20.9 Å². The van der Waals surface area contributed by atoms with Crippen molar-refractivity contribution in [1.29, 1.82) is 0 Å². The van der Waals surface area contributed by atoms with E-state index in [4.69, 9.17) is 0 Å². The van der Waals surface area contributed by atoms with Crippen molar-refractivity contribution < 1.29 is 8.42 Å². The van der Waals surface area contributed by atoms with Crippen LogP contribution in [0.1, 0.15) is 25.6 Å². The van der Waals surface area contributed by atoms with Crippen LogP contribution in [0.2, 0.25) is 0 Å². The van der Waals surface area contributed by atoms with E-state index in [-0.39, 0.29) is 10.4 Å². The number of rotatable bonds is 2. The first-order chi connectivity index (χ1) is 8.90. The largest absolute Gasteiger partial charge is 0.340 e. The van der Waals surface area contributed by atoms with Crippen molar-refractivity contribution in [2.24, 2.45) is 0 Å². The van der Waals surface area contributed by atoms with E-state index in [1.54, 1.807) is 12.1 Å². The van der Waals surface area contributed by atoms with Crippen LogP contribution >= 0.6 is 0 Å². The molecule has 1 fully saturated rings. The molecule has 1 unspecified atom stereocenters. The molecule has 0 spiro atoms. The van der Waals surface area contributed by atoms with Gasteiger partial charge in [0.25, 0.3) is 0 Å². The lowest BCUT2D eigenvalue weighted by Gasteiger charge is -2.21. The van der Waals surface area contributed by atoms with Gasteiger partial charge in [-0.1, -0.05) is 6.07 Å². The molecule has 1 aromatic carbocycles. The fourth-order valence-corrected chi connectivity index (χ4v) is 3.50. The third kappa shape index (κ3) is 2.04. The molecule has 6 heteroatoms. The number of aromatic amines is 1. The zero-order chi connectivity index (χ0) is 13.7. The number of hydrogen-bond acceptors (Lipinski definition) is 4. The molecule has 2 aromatic rings. The quantitative estimate of drug-likeness (QED) is 0.875. The van der Waals surface area contributed by atoms with Crippen molar-refractivity contribution in [3.05, 3.63) is 24.0 Å². The topological polar surface area (TPSA) is 74.8 Å². The maximum atomic E-state index is 11.8. The summed E-state index contributed by atoms with van der Waals surface area (Å²) in [6, 6.07) is 5.20. The first kappa shape index (κ1) is 12.6. The number of sulfone groups is 1. The molecule has 1 aliphatic heterocycles. The number of imidazole rings is 1. The molecule has 0 saturated carbocycles. The maximum Gasteiger partial charge on any atom is 0.177 e. The van der Waals surface area contributed by atoms with Crippen LogP contribution in [0.25, 0.3) is 11.0 Å². The summed E-state index contributed by atoms with van der Waals surface area (Å²) in [5.41, 5.74) is 1.12. The average Bonchev–Trinajstić information content (AvgIpc) is 2.93. The molecule has 102 valence electrons. The van der Waals surface area contributed by atoms with Crippen LogP contribution in [-0.2, 0) is 15.4 Å². The van der Waals surface area contributed by atoms with Gasteiger partial charge in [0, 0.05) is 6.26 Å². The summed E-state index contributed by atoms with van der Waals surface area (Å²) < 4.78 is 23.6. The van der Waals surface area contributed by atoms with Crippen LogP contribution in [0.3, 0.4) is 0 Å². The lowest BCUT2D eigenvalue weighted by atomic mass is 10.00. The Hall–Kier alpha value is -1.40. The summed E-state index contributed by atoms with van der Waals surface area (Å²) in [5.74, 6) is 0.816. The van der Waals surface area contributed by atoms with E-state index in [9.17, 15) is 8.42 Å². The number of benzene rings is 1. The number of H-pyrrole nitrogens is 1. The van der Waals surface area contributed by atoms with Crippen LogP contribution < -0.4 is 5.32 Å². The molecule has 0 bridgehead atoms. The van der Waals surface area contributed by atoms with E-state index >= 15 is 0 Å². The molecular weight excluding hydrogens is 262 g/mol. The van der Waals surface area contributed by atoms with Crippen molar-refractivity contribution in [2.45, 2.75) is 30.2 Å². The lowest BCUT2D eigenvalue weighted by Crippen LogP contribution is -2.34. The third-order valence-electron chi connectivity index (χ3n) is 3.77. The van der Waals surface area contributed by atoms with Crippen molar-refractivity contribution in [3.8, 4) is 0 Å². The van der Waals surface area contributed by atoms with Crippen LogP contribution in [0, 0.1) is 0 Å². The predicted molar refractivity (Wildman–Crippen MR) is 73.8 cm³/mol. The van der Waals surface area contributed by atoms with Crippen LogP contribution in [0.15, 0.2) is 23.1 Å². The van der Waals surface area contributed by atoms with Gasteiger partial charge in [-0.05, 0) is 38.4 Å². The van der Waals surface area contributed by atoms with E-state index < -0.39 is 9.84 Å². The standard InChI is InChI=1S/C13H17N3O2S/c1-13(7-4-8-14-13)12-15-9-5-3-6-10(11(9)16-12)19(2,17)18/h3,5-6,14H,4,7-8H2,1-2H3,(H,15,16). The van der Waals surface area contributed by atoms with E-state index in [1.807, 2.05) is 6.07 Å². The minimum atomic E-state index is -3.26. The Morgan fingerprint density at radius 2 is 2.16 bits per heavy atom. The van der Waals surface area contributed by atoms with E-state index in [1.165, 1.54) is 6.26 Å². The first-order valence-corrected chi connectivity index (χ1v) is 8.24. The molecule has 5 nitrogen and oxygen atoms in total. The summed E-state index contributed by atoms with van der Waals surface area (Å²) in [6.45, 7) is 3.06. The summed E-state index contributed by atoms with van der Waals surface area (Å²) in [7, 11) is -3.26. The number of fused-ring (bicyclic) bond motifs is 1. The summed E-state index contributed by atoms with van der Waals surface area (Å²) in [4.78, 5) is 8.07. The first-order valence-electron chi connectivity index (χ1n) is 6.34. The summed E-state index contributed by atoms with van der Waals surface area (Å²) in [5, 5.41) is 3.43.